The summed E-state index contributed by atoms with van der Waals surface area (Å²) in [5.41, 5.74) is 3.29. The standard InChI is InChI=1S/C24H20N6O2/c1-15-20(23(32)27-18-10-6-12-25-14-18)21(17-9-5-11-19(31)13-17)30-24(26-15)28-22(29-30)16-7-3-2-4-8-16/h2-14,21,31H,1H3,(H,27,32)(H,26,28,29). The molecule has 3 N–H and O–H groups in total. The van der Waals surface area contributed by atoms with Crippen molar-refractivity contribution >= 4 is 17.5 Å². The highest BCUT2D eigenvalue weighted by Gasteiger charge is 2.34. The van der Waals surface area contributed by atoms with Gasteiger partial charge in [-0.15, -0.1) is 5.10 Å². The first-order valence-electron chi connectivity index (χ1n) is 10.1. The van der Waals surface area contributed by atoms with Gasteiger partial charge in [-0.3, -0.25) is 9.78 Å². The number of carbonyl (C=O) groups is 1. The predicted octanol–water partition coefficient (Wildman–Crippen LogP) is 3.97. The number of pyridine rings is 1. The van der Waals surface area contributed by atoms with Crippen LogP contribution < -0.4 is 10.6 Å². The van der Waals surface area contributed by atoms with Crippen LogP contribution in [0.15, 0.2) is 90.4 Å². The van der Waals surface area contributed by atoms with E-state index in [4.69, 9.17) is 5.10 Å². The lowest BCUT2D eigenvalue weighted by molar-refractivity contribution is -0.113. The smallest absolute Gasteiger partial charge is 0.255 e. The van der Waals surface area contributed by atoms with Crippen LogP contribution in [0.1, 0.15) is 18.5 Å². The number of phenolic OH excluding ortho intramolecular Hbond substituents is 1. The summed E-state index contributed by atoms with van der Waals surface area (Å²) in [6.07, 6.45) is 3.23. The van der Waals surface area contributed by atoms with Crippen molar-refractivity contribution < 1.29 is 9.90 Å². The number of aromatic nitrogens is 4. The molecule has 2 aromatic carbocycles. The van der Waals surface area contributed by atoms with Gasteiger partial charge in [-0.1, -0.05) is 42.5 Å². The molecule has 158 valence electrons. The van der Waals surface area contributed by atoms with Crippen LogP contribution in [0.2, 0.25) is 0 Å². The minimum atomic E-state index is -0.583. The van der Waals surface area contributed by atoms with Gasteiger partial charge < -0.3 is 15.7 Å². The highest BCUT2D eigenvalue weighted by Crippen LogP contribution is 2.37. The second-order valence-electron chi connectivity index (χ2n) is 7.43. The maximum atomic E-state index is 13.4. The molecule has 2 aromatic heterocycles. The van der Waals surface area contributed by atoms with E-state index in [1.807, 2.05) is 43.3 Å². The Hall–Kier alpha value is -4.46. The first-order valence-corrected chi connectivity index (χ1v) is 10.1. The number of fused-ring (bicyclic) bond motifs is 1. The Bertz CT molecular complexity index is 1310. The Labute approximate surface area is 184 Å². The number of nitrogens with one attached hydrogen (secondary N) is 2. The van der Waals surface area contributed by atoms with Gasteiger partial charge in [0.15, 0.2) is 5.82 Å². The Morgan fingerprint density at radius 3 is 2.69 bits per heavy atom. The molecule has 1 aliphatic rings. The van der Waals surface area contributed by atoms with E-state index in [2.05, 4.69) is 20.6 Å². The Morgan fingerprint density at radius 2 is 1.94 bits per heavy atom. The largest absolute Gasteiger partial charge is 0.508 e. The number of rotatable bonds is 4. The van der Waals surface area contributed by atoms with Crippen molar-refractivity contribution in [3.05, 3.63) is 96.0 Å². The van der Waals surface area contributed by atoms with Crippen molar-refractivity contribution in [1.29, 1.82) is 0 Å². The number of allylic oxidation sites excluding steroid dienone is 1. The summed E-state index contributed by atoms with van der Waals surface area (Å²) in [4.78, 5) is 22.1. The second-order valence-corrected chi connectivity index (χ2v) is 7.43. The SMILES string of the molecule is CC1=C(C(=O)Nc2cccnc2)C(c2cccc(O)c2)n2nc(-c3ccccc3)nc2N1. The lowest BCUT2D eigenvalue weighted by Crippen LogP contribution is -2.31. The average molecular weight is 424 g/mol. The minimum absolute atomic E-state index is 0.107. The van der Waals surface area contributed by atoms with E-state index in [9.17, 15) is 9.90 Å². The minimum Gasteiger partial charge on any atom is -0.508 e. The molecule has 0 radical (unpaired) electrons. The zero-order chi connectivity index (χ0) is 22.1. The molecular weight excluding hydrogens is 404 g/mol. The van der Waals surface area contributed by atoms with Crippen molar-refractivity contribution in [1.82, 2.24) is 19.7 Å². The summed E-state index contributed by atoms with van der Waals surface area (Å²) in [6, 6.07) is 19.4. The fraction of sp³-hybridized carbons (Fsp3) is 0.0833. The number of hydrogen-bond donors (Lipinski definition) is 3. The Morgan fingerprint density at radius 1 is 1.09 bits per heavy atom. The number of aromatic hydroxyl groups is 1. The van der Waals surface area contributed by atoms with Crippen LogP contribution in [0.3, 0.4) is 0 Å². The van der Waals surface area contributed by atoms with Gasteiger partial charge in [0.25, 0.3) is 5.91 Å². The van der Waals surface area contributed by atoms with Crippen molar-refractivity contribution in [3.8, 4) is 17.1 Å². The van der Waals surface area contributed by atoms with E-state index in [1.165, 1.54) is 0 Å². The number of benzene rings is 2. The van der Waals surface area contributed by atoms with Crippen molar-refractivity contribution in [3.63, 3.8) is 0 Å². The van der Waals surface area contributed by atoms with Crippen LogP contribution in [0.4, 0.5) is 11.6 Å². The molecule has 1 aliphatic heterocycles. The molecule has 3 heterocycles. The molecule has 32 heavy (non-hydrogen) atoms. The van der Waals surface area contributed by atoms with Crippen LogP contribution in [-0.4, -0.2) is 30.8 Å². The zero-order valence-electron chi connectivity index (χ0n) is 17.2. The van der Waals surface area contributed by atoms with E-state index >= 15 is 0 Å². The summed E-state index contributed by atoms with van der Waals surface area (Å²) in [6.45, 7) is 1.83. The molecule has 0 saturated carbocycles. The highest BCUT2D eigenvalue weighted by molar-refractivity contribution is 6.05. The third kappa shape index (κ3) is 3.58. The maximum Gasteiger partial charge on any atom is 0.255 e. The monoisotopic (exact) mass is 424 g/mol. The van der Waals surface area contributed by atoms with E-state index in [0.717, 1.165) is 5.56 Å². The van der Waals surface area contributed by atoms with Gasteiger partial charge in [-0.25, -0.2) is 4.68 Å². The number of carbonyl (C=O) groups excluding carboxylic acids is 1. The molecule has 0 aliphatic carbocycles. The predicted molar refractivity (Wildman–Crippen MR) is 121 cm³/mol. The summed E-state index contributed by atoms with van der Waals surface area (Å²) in [7, 11) is 0. The van der Waals surface area contributed by atoms with Crippen LogP contribution >= 0.6 is 0 Å². The fourth-order valence-corrected chi connectivity index (χ4v) is 3.79. The molecule has 1 atom stereocenters. The average Bonchev–Trinajstić information content (AvgIpc) is 3.23. The molecule has 0 spiro atoms. The second kappa shape index (κ2) is 7.99. The molecule has 0 saturated heterocycles. The Kier molecular flexibility index (Phi) is 4.87. The van der Waals surface area contributed by atoms with E-state index in [1.54, 1.807) is 47.4 Å². The van der Waals surface area contributed by atoms with Gasteiger partial charge in [-0.2, -0.15) is 4.98 Å². The molecule has 8 heteroatoms. The number of anilines is 2. The lowest BCUT2D eigenvalue weighted by Gasteiger charge is -2.28. The van der Waals surface area contributed by atoms with Crippen molar-refractivity contribution in [2.75, 3.05) is 10.6 Å². The molecule has 4 aromatic rings. The van der Waals surface area contributed by atoms with Crippen molar-refractivity contribution in [2.24, 2.45) is 0 Å². The van der Waals surface area contributed by atoms with Gasteiger partial charge >= 0.3 is 0 Å². The van der Waals surface area contributed by atoms with E-state index < -0.39 is 6.04 Å². The summed E-state index contributed by atoms with van der Waals surface area (Å²) in [5.74, 6) is 0.877. The summed E-state index contributed by atoms with van der Waals surface area (Å²) >= 11 is 0. The number of hydrogen-bond acceptors (Lipinski definition) is 6. The molecule has 5 rings (SSSR count). The quantitative estimate of drug-likeness (QED) is 0.458. The third-order valence-electron chi connectivity index (χ3n) is 5.23. The van der Waals surface area contributed by atoms with Gasteiger partial charge in [0.1, 0.15) is 11.8 Å². The van der Waals surface area contributed by atoms with Gasteiger partial charge in [0, 0.05) is 17.5 Å². The molecule has 1 amide bonds. The van der Waals surface area contributed by atoms with E-state index in [0.29, 0.717) is 34.3 Å². The van der Waals surface area contributed by atoms with Crippen LogP contribution in [-0.2, 0) is 4.79 Å². The maximum absolute atomic E-state index is 13.4. The normalized spacial score (nSPS) is 15.1. The lowest BCUT2D eigenvalue weighted by atomic mass is 9.95. The van der Waals surface area contributed by atoms with Crippen LogP contribution in [0.5, 0.6) is 5.75 Å². The molecule has 8 nitrogen and oxygen atoms in total. The molecule has 0 bridgehead atoms. The first kappa shape index (κ1) is 19.5. The molecule has 1 unspecified atom stereocenters. The number of phenols is 1. The number of nitrogens with zero attached hydrogens (tertiary/aromatic N) is 4. The van der Waals surface area contributed by atoms with Crippen molar-refractivity contribution in [2.45, 2.75) is 13.0 Å². The van der Waals surface area contributed by atoms with Gasteiger partial charge in [0.2, 0.25) is 5.95 Å². The molecular formula is C24H20N6O2. The Balaban J connectivity index is 1.62. The van der Waals surface area contributed by atoms with Gasteiger partial charge in [-0.05, 0) is 36.8 Å². The first-order chi connectivity index (χ1) is 15.6. The summed E-state index contributed by atoms with van der Waals surface area (Å²) < 4.78 is 1.68. The summed E-state index contributed by atoms with van der Waals surface area (Å²) in [5, 5.41) is 20.9. The topological polar surface area (TPSA) is 105 Å². The van der Waals surface area contributed by atoms with E-state index in [-0.39, 0.29) is 11.7 Å². The number of amides is 1. The highest BCUT2D eigenvalue weighted by atomic mass is 16.3. The van der Waals surface area contributed by atoms with Crippen LogP contribution in [0, 0.1) is 0 Å². The zero-order valence-corrected chi connectivity index (χ0v) is 17.2. The third-order valence-corrected chi connectivity index (χ3v) is 5.23. The molecule has 0 fully saturated rings. The van der Waals surface area contributed by atoms with Gasteiger partial charge in [0.05, 0.1) is 17.5 Å². The van der Waals surface area contributed by atoms with Crippen LogP contribution in [0.25, 0.3) is 11.4 Å². The fourth-order valence-electron chi connectivity index (χ4n) is 3.79.